The first-order valence-corrected chi connectivity index (χ1v) is 23.9. The fourth-order valence-electron chi connectivity index (χ4n) is 6.24. The largest absolute Gasteiger partial charge is 0.472 e. The van der Waals surface area contributed by atoms with E-state index in [4.69, 9.17) is 18.5 Å². The van der Waals surface area contributed by atoms with Crippen molar-refractivity contribution in [3.63, 3.8) is 0 Å². The summed E-state index contributed by atoms with van der Waals surface area (Å²) in [6.45, 7) is 4.43. The van der Waals surface area contributed by atoms with Crippen LogP contribution in [0.2, 0.25) is 0 Å². The van der Waals surface area contributed by atoms with Gasteiger partial charge in [0, 0.05) is 12.8 Å². The van der Waals surface area contributed by atoms with Crippen LogP contribution in [0.3, 0.4) is 0 Å². The molecule has 0 rings (SSSR count). The normalized spacial score (nSPS) is 13.7. The molecule has 0 aliphatic rings. The molecule has 0 spiro atoms. The highest BCUT2D eigenvalue weighted by Gasteiger charge is 2.27. The molecule has 0 bridgehead atoms. The van der Waals surface area contributed by atoms with Crippen LogP contribution in [0.25, 0.3) is 0 Å². The molecule has 0 aromatic carbocycles. The number of hydrogen-bond donors (Lipinski definition) is 1. The number of phosphoric acid groups is 1. The average molecular weight is 789 g/mol. The molecule has 1 N–H and O–H groups in total. The first-order chi connectivity index (χ1) is 26.0. The van der Waals surface area contributed by atoms with E-state index >= 15 is 0 Å². The van der Waals surface area contributed by atoms with Crippen LogP contribution >= 0.6 is 7.82 Å². The highest BCUT2D eigenvalue weighted by molar-refractivity contribution is 7.47. The predicted octanol–water partition coefficient (Wildman–Crippen LogP) is 12.6. The van der Waals surface area contributed by atoms with Gasteiger partial charge in [0.15, 0.2) is 6.10 Å². The summed E-state index contributed by atoms with van der Waals surface area (Å²) in [6.07, 6.45) is 38.2. The fourth-order valence-corrected chi connectivity index (χ4v) is 6.99. The Balaban J connectivity index is 4.32. The molecular weight excluding hydrogens is 701 g/mol. The smallest absolute Gasteiger partial charge is 0.462 e. The van der Waals surface area contributed by atoms with Gasteiger partial charge in [-0.2, -0.15) is 0 Å². The molecule has 320 valence electrons. The summed E-state index contributed by atoms with van der Waals surface area (Å²) in [6, 6.07) is 0. The number of carbonyl (C=O) groups is 2. The number of likely N-dealkylation sites (N-methyl/N-ethyl adjacent to an activating group) is 1. The Morgan fingerprint density at radius 2 is 0.944 bits per heavy atom. The zero-order valence-electron chi connectivity index (χ0n) is 36.0. The highest BCUT2D eigenvalue weighted by Crippen LogP contribution is 2.43. The third kappa shape index (κ3) is 40.4. The molecule has 0 saturated carbocycles. The maximum absolute atomic E-state index is 12.7. The second kappa shape index (κ2) is 37.3. The fraction of sp³-hybridized carbons (Fsp3) is 0.909. The minimum Gasteiger partial charge on any atom is -0.462 e. The first-order valence-electron chi connectivity index (χ1n) is 22.4. The maximum Gasteiger partial charge on any atom is 0.472 e. The summed E-state index contributed by atoms with van der Waals surface area (Å²) in [5.74, 6) is -0.791. The molecule has 54 heavy (non-hydrogen) atoms. The summed E-state index contributed by atoms with van der Waals surface area (Å²) in [4.78, 5) is 35.3. The summed E-state index contributed by atoms with van der Waals surface area (Å²) < 4.78 is 34.3. The van der Waals surface area contributed by atoms with Crippen molar-refractivity contribution in [1.82, 2.24) is 0 Å². The van der Waals surface area contributed by atoms with Crippen LogP contribution in [0.4, 0.5) is 0 Å². The van der Waals surface area contributed by atoms with Crippen LogP contribution in [-0.2, 0) is 32.7 Å². The molecule has 0 aromatic rings. The van der Waals surface area contributed by atoms with Crippen molar-refractivity contribution in [3.8, 4) is 0 Å². The lowest BCUT2D eigenvalue weighted by molar-refractivity contribution is -0.870. The number of nitrogens with zero attached hydrogens (tertiary/aromatic N) is 1. The van der Waals surface area contributed by atoms with E-state index in [1.165, 1.54) is 135 Å². The van der Waals surface area contributed by atoms with Crippen molar-refractivity contribution in [2.24, 2.45) is 0 Å². The number of hydrogen-bond acceptors (Lipinski definition) is 7. The van der Waals surface area contributed by atoms with Gasteiger partial charge >= 0.3 is 19.8 Å². The lowest BCUT2D eigenvalue weighted by Crippen LogP contribution is -2.37. The van der Waals surface area contributed by atoms with E-state index < -0.39 is 26.5 Å². The minimum absolute atomic E-state index is 0.0345. The molecule has 0 aliphatic carbocycles. The van der Waals surface area contributed by atoms with Gasteiger partial charge in [-0.15, -0.1) is 0 Å². The van der Waals surface area contributed by atoms with E-state index in [1.807, 2.05) is 21.1 Å². The lowest BCUT2D eigenvalue weighted by atomic mass is 10.0. The monoisotopic (exact) mass is 789 g/mol. The second-order valence-corrected chi connectivity index (χ2v) is 17.9. The standard InChI is InChI=1S/C44H86NO8P/c1-6-8-10-12-14-16-18-20-21-22-23-25-27-29-31-33-35-37-44(47)53-42(41-52-54(48,49)51-39-38-45(3,4)5)40-50-43(46)36-34-32-30-28-26-24-19-17-15-13-11-9-7-2/h16,18,42H,6-15,17,19-41H2,1-5H3/p+1/b18-16+/t42-/m1/s1. The number of quaternary nitrogens is 1. The van der Waals surface area contributed by atoms with Crippen molar-refractivity contribution in [1.29, 1.82) is 0 Å². The van der Waals surface area contributed by atoms with Gasteiger partial charge in [0.1, 0.15) is 19.8 Å². The number of rotatable bonds is 41. The van der Waals surface area contributed by atoms with Crippen molar-refractivity contribution < 1.29 is 42.1 Å². The minimum atomic E-state index is -4.37. The average Bonchev–Trinajstić information content (AvgIpc) is 3.12. The SMILES string of the molecule is CCCCCC/C=C/CCCCCCCCCCCC(=O)O[C@H](COC(=O)CCCCCCCCCCCCCCC)COP(=O)(O)OCC[N+](C)(C)C. The van der Waals surface area contributed by atoms with Gasteiger partial charge in [-0.3, -0.25) is 18.6 Å². The summed E-state index contributed by atoms with van der Waals surface area (Å²) in [5.41, 5.74) is 0. The highest BCUT2D eigenvalue weighted by atomic mass is 31.2. The quantitative estimate of drug-likeness (QED) is 0.0214. The third-order valence-electron chi connectivity index (χ3n) is 9.80. The maximum atomic E-state index is 12.7. The van der Waals surface area contributed by atoms with Gasteiger partial charge in [-0.25, -0.2) is 4.57 Å². The molecule has 10 heteroatoms. The van der Waals surface area contributed by atoms with Gasteiger partial charge in [0.25, 0.3) is 0 Å². The Morgan fingerprint density at radius 1 is 0.556 bits per heavy atom. The lowest BCUT2D eigenvalue weighted by Gasteiger charge is -2.24. The third-order valence-corrected chi connectivity index (χ3v) is 10.8. The molecule has 9 nitrogen and oxygen atoms in total. The van der Waals surface area contributed by atoms with Crippen LogP contribution < -0.4 is 0 Å². The van der Waals surface area contributed by atoms with Crippen molar-refractivity contribution in [3.05, 3.63) is 12.2 Å². The number of unbranched alkanes of at least 4 members (excludes halogenated alkanes) is 25. The van der Waals surface area contributed by atoms with E-state index in [1.54, 1.807) is 0 Å². The van der Waals surface area contributed by atoms with Crippen LogP contribution in [0.1, 0.15) is 206 Å². The Kier molecular flexibility index (Phi) is 36.5. The number of ether oxygens (including phenoxy) is 2. The van der Waals surface area contributed by atoms with E-state index in [0.29, 0.717) is 23.9 Å². The Labute approximate surface area is 333 Å². The molecule has 0 aromatic heterocycles. The summed E-state index contributed by atoms with van der Waals surface area (Å²) in [7, 11) is 1.48. The van der Waals surface area contributed by atoms with E-state index in [2.05, 4.69) is 26.0 Å². The van der Waals surface area contributed by atoms with Gasteiger partial charge in [0.2, 0.25) is 0 Å². The van der Waals surface area contributed by atoms with Crippen LogP contribution in [0, 0.1) is 0 Å². The van der Waals surface area contributed by atoms with Crippen LogP contribution in [0.5, 0.6) is 0 Å². The summed E-state index contributed by atoms with van der Waals surface area (Å²) in [5, 5.41) is 0. The molecular formula is C44H87NO8P+. The number of phosphoric ester groups is 1. The molecule has 1 unspecified atom stereocenters. The number of carbonyl (C=O) groups excluding carboxylic acids is 2. The van der Waals surface area contributed by atoms with E-state index in [0.717, 1.165) is 38.5 Å². The molecule has 0 radical (unpaired) electrons. The number of allylic oxidation sites excluding steroid dienone is 2. The summed E-state index contributed by atoms with van der Waals surface area (Å²) >= 11 is 0. The molecule has 2 atom stereocenters. The zero-order valence-corrected chi connectivity index (χ0v) is 36.9. The Hall–Kier alpha value is -1.25. The molecule has 0 aliphatic heterocycles. The van der Waals surface area contributed by atoms with Gasteiger partial charge in [0.05, 0.1) is 27.7 Å². The molecule has 0 saturated heterocycles. The van der Waals surface area contributed by atoms with Crippen molar-refractivity contribution >= 4 is 19.8 Å². The first kappa shape index (κ1) is 52.8. The van der Waals surface area contributed by atoms with Crippen LogP contribution in [0.15, 0.2) is 12.2 Å². The van der Waals surface area contributed by atoms with Gasteiger partial charge in [-0.1, -0.05) is 167 Å². The Bertz CT molecular complexity index is 938. The second-order valence-electron chi connectivity index (χ2n) is 16.4. The van der Waals surface area contributed by atoms with Gasteiger partial charge in [-0.05, 0) is 38.5 Å². The van der Waals surface area contributed by atoms with Gasteiger partial charge < -0.3 is 18.9 Å². The molecule has 0 heterocycles. The topological polar surface area (TPSA) is 108 Å². The van der Waals surface area contributed by atoms with E-state index in [9.17, 15) is 19.0 Å². The molecule has 0 amide bonds. The van der Waals surface area contributed by atoms with Crippen molar-refractivity contribution in [2.45, 2.75) is 213 Å². The van der Waals surface area contributed by atoms with Crippen LogP contribution in [-0.4, -0.2) is 74.9 Å². The predicted molar refractivity (Wildman–Crippen MR) is 224 cm³/mol. The number of esters is 2. The Morgan fingerprint density at radius 3 is 1.39 bits per heavy atom. The van der Waals surface area contributed by atoms with Crippen molar-refractivity contribution in [2.75, 3.05) is 47.5 Å². The van der Waals surface area contributed by atoms with E-state index in [-0.39, 0.29) is 25.6 Å². The zero-order chi connectivity index (χ0) is 40.0. The molecule has 0 fully saturated rings.